The summed E-state index contributed by atoms with van der Waals surface area (Å²) in [6.45, 7) is 6.36. The Hall–Kier alpha value is -1.75. The monoisotopic (exact) mass is 295 g/mol. The summed E-state index contributed by atoms with van der Waals surface area (Å²) in [6.07, 6.45) is 1.51. The molecule has 0 saturated heterocycles. The van der Waals surface area contributed by atoms with Crippen LogP contribution in [0.5, 0.6) is 11.5 Å². The van der Waals surface area contributed by atoms with E-state index in [1.807, 2.05) is 39.0 Å². The van der Waals surface area contributed by atoms with Crippen LogP contribution in [-0.4, -0.2) is 30.3 Å². The van der Waals surface area contributed by atoms with Crippen LogP contribution in [-0.2, 0) is 11.3 Å². The molecule has 21 heavy (non-hydrogen) atoms. The van der Waals surface area contributed by atoms with Crippen molar-refractivity contribution in [1.82, 2.24) is 5.32 Å². The van der Waals surface area contributed by atoms with Crippen LogP contribution in [0.4, 0.5) is 0 Å². The molecule has 1 atom stereocenters. The first kappa shape index (κ1) is 17.3. The summed E-state index contributed by atoms with van der Waals surface area (Å²) in [7, 11) is 1.59. The molecule has 5 nitrogen and oxygen atoms in total. The minimum absolute atomic E-state index is 0.0730. The minimum atomic E-state index is -0.816. The maximum absolute atomic E-state index is 11.1. The van der Waals surface area contributed by atoms with Crippen molar-refractivity contribution in [3.05, 3.63) is 23.8 Å². The zero-order valence-corrected chi connectivity index (χ0v) is 13.2. The van der Waals surface area contributed by atoms with Gasteiger partial charge in [-0.3, -0.25) is 4.79 Å². The van der Waals surface area contributed by atoms with E-state index in [0.717, 1.165) is 12.0 Å². The van der Waals surface area contributed by atoms with Gasteiger partial charge in [-0.05, 0) is 38.0 Å². The molecule has 0 saturated carbocycles. The summed E-state index contributed by atoms with van der Waals surface area (Å²) in [4.78, 5) is 11.1. The summed E-state index contributed by atoms with van der Waals surface area (Å²) < 4.78 is 11.0. The lowest BCUT2D eigenvalue weighted by atomic mass is 10.1. The van der Waals surface area contributed by atoms with Crippen LogP contribution in [0.25, 0.3) is 0 Å². The molecule has 0 aliphatic rings. The number of carboxylic acids is 1. The number of aliphatic carboxylic acids is 1. The Labute approximate surface area is 126 Å². The van der Waals surface area contributed by atoms with Gasteiger partial charge < -0.3 is 19.9 Å². The molecule has 0 heterocycles. The summed E-state index contributed by atoms with van der Waals surface area (Å²) in [5.41, 5.74) is 0.963. The molecule has 1 rings (SSSR count). The molecular formula is C16H25NO4. The molecule has 0 radical (unpaired) electrons. The maximum Gasteiger partial charge on any atom is 0.320 e. The van der Waals surface area contributed by atoms with E-state index in [9.17, 15) is 4.79 Å². The summed E-state index contributed by atoms with van der Waals surface area (Å²) in [6, 6.07) is 5.12. The van der Waals surface area contributed by atoms with E-state index in [4.69, 9.17) is 14.6 Å². The van der Waals surface area contributed by atoms with E-state index in [-0.39, 0.29) is 6.10 Å². The second kappa shape index (κ2) is 8.52. The van der Waals surface area contributed by atoms with Gasteiger partial charge in [-0.25, -0.2) is 0 Å². The fourth-order valence-corrected chi connectivity index (χ4v) is 2.02. The first-order valence-electron chi connectivity index (χ1n) is 7.27. The lowest BCUT2D eigenvalue weighted by Gasteiger charge is -2.16. The van der Waals surface area contributed by atoms with E-state index in [2.05, 4.69) is 5.32 Å². The van der Waals surface area contributed by atoms with Crippen molar-refractivity contribution in [3.8, 4) is 11.5 Å². The van der Waals surface area contributed by atoms with E-state index < -0.39 is 12.0 Å². The largest absolute Gasteiger partial charge is 0.493 e. The van der Waals surface area contributed by atoms with Gasteiger partial charge in [0.05, 0.1) is 13.2 Å². The molecule has 1 aromatic carbocycles. The van der Waals surface area contributed by atoms with Gasteiger partial charge in [-0.15, -0.1) is 0 Å². The van der Waals surface area contributed by atoms with Crippen molar-refractivity contribution < 1.29 is 19.4 Å². The third kappa shape index (κ3) is 5.63. The van der Waals surface area contributed by atoms with Gasteiger partial charge in [0, 0.05) is 6.54 Å². The van der Waals surface area contributed by atoms with Gasteiger partial charge in [0.15, 0.2) is 11.5 Å². The zero-order chi connectivity index (χ0) is 15.8. The lowest BCUT2D eigenvalue weighted by molar-refractivity contribution is -0.139. The molecule has 0 aromatic heterocycles. The molecule has 0 fully saturated rings. The van der Waals surface area contributed by atoms with E-state index in [0.29, 0.717) is 24.5 Å². The number of methoxy groups -OCH3 is 1. The van der Waals surface area contributed by atoms with Gasteiger partial charge >= 0.3 is 5.97 Å². The molecule has 0 bridgehead atoms. The Bertz CT molecular complexity index is 460. The number of carboxylic acid groups (broad SMARTS) is 1. The quantitative estimate of drug-likeness (QED) is 0.733. The van der Waals surface area contributed by atoms with Crippen molar-refractivity contribution in [2.45, 2.75) is 52.3 Å². The number of carbonyl (C=O) groups is 1. The average molecular weight is 295 g/mol. The van der Waals surface area contributed by atoms with Crippen LogP contribution in [0.2, 0.25) is 0 Å². The van der Waals surface area contributed by atoms with Crippen LogP contribution in [0.1, 0.15) is 39.2 Å². The van der Waals surface area contributed by atoms with Gasteiger partial charge in [0.25, 0.3) is 0 Å². The highest BCUT2D eigenvalue weighted by Crippen LogP contribution is 2.29. The lowest BCUT2D eigenvalue weighted by Crippen LogP contribution is -2.35. The first-order valence-corrected chi connectivity index (χ1v) is 7.27. The van der Waals surface area contributed by atoms with Crippen LogP contribution < -0.4 is 14.8 Å². The van der Waals surface area contributed by atoms with Crippen molar-refractivity contribution in [1.29, 1.82) is 0 Å². The SMILES string of the molecule is CCCC(NCc1ccc(OC(C)C)c(OC)c1)C(=O)O. The number of hydrogen-bond donors (Lipinski definition) is 2. The molecule has 2 N–H and O–H groups in total. The number of benzene rings is 1. The smallest absolute Gasteiger partial charge is 0.320 e. The van der Waals surface area contributed by atoms with Crippen molar-refractivity contribution in [3.63, 3.8) is 0 Å². The number of rotatable bonds is 9. The zero-order valence-electron chi connectivity index (χ0n) is 13.2. The third-order valence-electron chi connectivity index (χ3n) is 3.02. The predicted octanol–water partition coefficient (Wildman–Crippen LogP) is 2.83. The fraction of sp³-hybridized carbons (Fsp3) is 0.562. The second-order valence-corrected chi connectivity index (χ2v) is 5.21. The molecular weight excluding hydrogens is 270 g/mol. The molecule has 1 unspecified atom stereocenters. The highest BCUT2D eigenvalue weighted by molar-refractivity contribution is 5.73. The van der Waals surface area contributed by atoms with Crippen molar-refractivity contribution in [2.24, 2.45) is 0 Å². The Kier molecular flexibility index (Phi) is 7.02. The third-order valence-corrected chi connectivity index (χ3v) is 3.02. The summed E-state index contributed by atoms with van der Waals surface area (Å²) in [5, 5.41) is 12.2. The summed E-state index contributed by atoms with van der Waals surface area (Å²) >= 11 is 0. The molecule has 0 spiro atoms. The van der Waals surface area contributed by atoms with Gasteiger partial charge in [-0.1, -0.05) is 19.4 Å². The molecule has 0 aliphatic heterocycles. The highest BCUT2D eigenvalue weighted by Gasteiger charge is 2.15. The van der Waals surface area contributed by atoms with Gasteiger partial charge in [-0.2, -0.15) is 0 Å². The van der Waals surface area contributed by atoms with E-state index >= 15 is 0 Å². The normalized spacial score (nSPS) is 12.2. The van der Waals surface area contributed by atoms with Crippen LogP contribution >= 0.6 is 0 Å². The Balaban J connectivity index is 2.73. The van der Waals surface area contributed by atoms with Gasteiger partial charge in [0.1, 0.15) is 6.04 Å². The van der Waals surface area contributed by atoms with Crippen molar-refractivity contribution in [2.75, 3.05) is 7.11 Å². The fourth-order valence-electron chi connectivity index (χ4n) is 2.02. The first-order chi connectivity index (χ1) is 9.97. The molecule has 118 valence electrons. The predicted molar refractivity (Wildman–Crippen MR) is 81.9 cm³/mol. The van der Waals surface area contributed by atoms with Crippen molar-refractivity contribution >= 4 is 5.97 Å². The van der Waals surface area contributed by atoms with E-state index in [1.165, 1.54) is 0 Å². The standard InChI is InChI=1S/C16H25NO4/c1-5-6-13(16(18)19)17-10-12-7-8-14(21-11(2)3)15(9-12)20-4/h7-9,11,13,17H,5-6,10H2,1-4H3,(H,18,19). The summed E-state index contributed by atoms with van der Waals surface area (Å²) in [5.74, 6) is 0.536. The second-order valence-electron chi connectivity index (χ2n) is 5.21. The minimum Gasteiger partial charge on any atom is -0.493 e. The van der Waals surface area contributed by atoms with Crippen LogP contribution in [0.3, 0.4) is 0 Å². The average Bonchev–Trinajstić information content (AvgIpc) is 2.43. The topological polar surface area (TPSA) is 67.8 Å². The van der Waals surface area contributed by atoms with Gasteiger partial charge in [0.2, 0.25) is 0 Å². The van der Waals surface area contributed by atoms with Crippen LogP contribution in [0.15, 0.2) is 18.2 Å². The number of nitrogens with one attached hydrogen (secondary N) is 1. The molecule has 1 aromatic rings. The maximum atomic E-state index is 11.1. The molecule has 0 aliphatic carbocycles. The molecule has 0 amide bonds. The number of ether oxygens (including phenoxy) is 2. The number of hydrogen-bond acceptors (Lipinski definition) is 4. The Morgan fingerprint density at radius 3 is 2.57 bits per heavy atom. The highest BCUT2D eigenvalue weighted by atomic mass is 16.5. The van der Waals surface area contributed by atoms with Crippen LogP contribution in [0, 0.1) is 0 Å². The Morgan fingerprint density at radius 1 is 1.33 bits per heavy atom. The Morgan fingerprint density at radius 2 is 2.05 bits per heavy atom. The molecule has 5 heteroatoms. The van der Waals surface area contributed by atoms with E-state index in [1.54, 1.807) is 7.11 Å².